The third-order valence-corrected chi connectivity index (χ3v) is 4.89. The lowest BCUT2D eigenvalue weighted by molar-refractivity contribution is 0.627. The van der Waals surface area contributed by atoms with E-state index in [9.17, 15) is 4.39 Å². The van der Waals surface area contributed by atoms with E-state index in [2.05, 4.69) is 23.1 Å². The summed E-state index contributed by atoms with van der Waals surface area (Å²) in [6.45, 7) is 0.643. The van der Waals surface area contributed by atoms with Gasteiger partial charge in [0.05, 0.1) is 16.8 Å². The molecule has 0 amide bonds. The number of thiazole rings is 1. The third kappa shape index (κ3) is 3.01. The minimum absolute atomic E-state index is 0.218. The highest BCUT2D eigenvalue weighted by molar-refractivity contribution is 7.22. The molecule has 24 heavy (non-hydrogen) atoms. The molecule has 0 saturated heterocycles. The van der Waals surface area contributed by atoms with E-state index in [-0.39, 0.29) is 5.82 Å². The van der Waals surface area contributed by atoms with Gasteiger partial charge < -0.3 is 4.90 Å². The Morgan fingerprint density at radius 3 is 2.29 bits per heavy atom. The van der Waals surface area contributed by atoms with Gasteiger partial charge in [0.2, 0.25) is 0 Å². The largest absolute Gasteiger partial charge is 0.313 e. The Labute approximate surface area is 143 Å². The van der Waals surface area contributed by atoms with Gasteiger partial charge in [0.1, 0.15) is 5.82 Å². The van der Waals surface area contributed by atoms with E-state index in [1.165, 1.54) is 12.1 Å². The number of aromatic nitrogens is 1. The lowest BCUT2D eigenvalue weighted by Crippen LogP contribution is -2.16. The number of hydrogen-bond donors (Lipinski definition) is 0. The lowest BCUT2D eigenvalue weighted by atomic mass is 10.2. The fraction of sp³-hybridized carbons (Fsp3) is 0.0500. The Hall–Kier alpha value is -2.72. The molecule has 0 N–H and O–H groups in total. The smallest absolute Gasteiger partial charge is 0.191 e. The molecule has 0 atom stereocenters. The Balaban J connectivity index is 1.76. The molecule has 118 valence electrons. The number of para-hydroxylation sites is 2. The predicted molar refractivity (Wildman–Crippen MR) is 98.3 cm³/mol. The fourth-order valence-corrected chi connectivity index (χ4v) is 3.61. The summed E-state index contributed by atoms with van der Waals surface area (Å²) in [5.74, 6) is -0.218. The molecule has 3 aromatic carbocycles. The number of hydrogen-bond acceptors (Lipinski definition) is 3. The van der Waals surface area contributed by atoms with Crippen molar-refractivity contribution in [3.05, 3.63) is 90.2 Å². The summed E-state index contributed by atoms with van der Waals surface area (Å²) in [5.41, 5.74) is 3.11. The summed E-state index contributed by atoms with van der Waals surface area (Å²) in [5, 5.41) is 0.937. The van der Waals surface area contributed by atoms with Crippen LogP contribution in [-0.4, -0.2) is 4.98 Å². The van der Waals surface area contributed by atoms with Gasteiger partial charge in [-0.05, 0) is 42.0 Å². The number of anilines is 2. The molecule has 4 aromatic rings. The lowest BCUT2D eigenvalue weighted by Gasteiger charge is -2.22. The maximum Gasteiger partial charge on any atom is 0.191 e. The first-order chi connectivity index (χ1) is 11.8. The molecule has 0 spiro atoms. The average molecular weight is 334 g/mol. The van der Waals surface area contributed by atoms with Crippen LogP contribution in [0.15, 0.2) is 78.9 Å². The molecule has 0 aliphatic rings. The van der Waals surface area contributed by atoms with Crippen LogP contribution in [0, 0.1) is 5.82 Å². The topological polar surface area (TPSA) is 16.1 Å². The molecule has 0 bridgehead atoms. The van der Waals surface area contributed by atoms with Crippen LogP contribution in [0.3, 0.4) is 0 Å². The third-order valence-electron chi connectivity index (χ3n) is 3.84. The van der Waals surface area contributed by atoms with Crippen molar-refractivity contribution in [3.63, 3.8) is 0 Å². The highest BCUT2D eigenvalue weighted by atomic mass is 32.1. The van der Waals surface area contributed by atoms with Crippen molar-refractivity contribution in [3.8, 4) is 0 Å². The van der Waals surface area contributed by atoms with Gasteiger partial charge in [0.15, 0.2) is 5.13 Å². The summed E-state index contributed by atoms with van der Waals surface area (Å²) in [7, 11) is 0. The average Bonchev–Trinajstić information content (AvgIpc) is 3.06. The molecular weight excluding hydrogens is 319 g/mol. The predicted octanol–water partition coefficient (Wildman–Crippen LogP) is 5.77. The van der Waals surface area contributed by atoms with E-state index in [1.54, 1.807) is 11.3 Å². The maximum absolute atomic E-state index is 13.2. The molecule has 2 nitrogen and oxygen atoms in total. The van der Waals surface area contributed by atoms with Gasteiger partial charge in [-0.3, -0.25) is 0 Å². The first-order valence-corrected chi connectivity index (χ1v) is 8.54. The van der Waals surface area contributed by atoms with Gasteiger partial charge >= 0.3 is 0 Å². The van der Waals surface area contributed by atoms with Crippen LogP contribution < -0.4 is 4.90 Å². The van der Waals surface area contributed by atoms with Crippen LogP contribution in [0.2, 0.25) is 0 Å². The van der Waals surface area contributed by atoms with Gasteiger partial charge in [-0.2, -0.15) is 0 Å². The van der Waals surface area contributed by atoms with Gasteiger partial charge in [-0.15, -0.1) is 0 Å². The Morgan fingerprint density at radius 2 is 1.54 bits per heavy atom. The van der Waals surface area contributed by atoms with Crippen LogP contribution in [0.25, 0.3) is 10.2 Å². The second kappa shape index (κ2) is 6.42. The van der Waals surface area contributed by atoms with E-state index in [0.29, 0.717) is 6.54 Å². The molecule has 4 rings (SSSR count). The van der Waals surface area contributed by atoms with Gasteiger partial charge in [0, 0.05) is 5.69 Å². The number of benzene rings is 3. The zero-order valence-electron chi connectivity index (χ0n) is 12.9. The zero-order valence-corrected chi connectivity index (χ0v) is 13.7. The van der Waals surface area contributed by atoms with E-state index < -0.39 is 0 Å². The van der Waals surface area contributed by atoms with Crippen LogP contribution >= 0.6 is 11.3 Å². The van der Waals surface area contributed by atoms with Crippen molar-refractivity contribution in [1.82, 2.24) is 4.98 Å². The summed E-state index contributed by atoms with van der Waals surface area (Å²) in [6, 6.07) is 24.9. The Morgan fingerprint density at radius 1 is 0.833 bits per heavy atom. The van der Waals surface area contributed by atoms with Crippen molar-refractivity contribution in [2.24, 2.45) is 0 Å². The van der Waals surface area contributed by atoms with E-state index in [1.807, 2.05) is 48.5 Å². The van der Waals surface area contributed by atoms with Crippen molar-refractivity contribution < 1.29 is 4.39 Å². The molecule has 0 aliphatic carbocycles. The van der Waals surface area contributed by atoms with Crippen LogP contribution in [0.4, 0.5) is 15.2 Å². The molecule has 0 radical (unpaired) electrons. The Bertz CT molecular complexity index is 915. The van der Waals surface area contributed by atoms with Crippen molar-refractivity contribution in [1.29, 1.82) is 0 Å². The SMILES string of the molecule is Fc1ccc(CN(c2ccccc2)c2nc3ccccc3s2)cc1. The van der Waals surface area contributed by atoms with Gasteiger partial charge in [-0.25, -0.2) is 9.37 Å². The molecule has 0 unspecified atom stereocenters. The van der Waals surface area contributed by atoms with Crippen molar-refractivity contribution >= 4 is 32.4 Å². The van der Waals surface area contributed by atoms with Crippen LogP contribution in [0.5, 0.6) is 0 Å². The minimum atomic E-state index is -0.218. The zero-order chi connectivity index (χ0) is 16.4. The number of nitrogens with zero attached hydrogens (tertiary/aromatic N) is 2. The molecule has 0 saturated carbocycles. The standard InChI is InChI=1S/C20H15FN2S/c21-16-12-10-15(11-13-16)14-23(17-6-2-1-3-7-17)20-22-18-8-4-5-9-19(18)24-20/h1-13H,14H2. The maximum atomic E-state index is 13.2. The summed E-state index contributed by atoms with van der Waals surface area (Å²) >= 11 is 1.66. The summed E-state index contributed by atoms with van der Waals surface area (Å²) in [6.07, 6.45) is 0. The van der Waals surface area contributed by atoms with Gasteiger partial charge in [-0.1, -0.05) is 53.8 Å². The first-order valence-electron chi connectivity index (χ1n) is 7.72. The molecule has 4 heteroatoms. The number of halogens is 1. The van der Waals surface area contributed by atoms with Crippen molar-refractivity contribution in [2.75, 3.05) is 4.90 Å². The number of fused-ring (bicyclic) bond motifs is 1. The second-order valence-electron chi connectivity index (χ2n) is 5.51. The summed E-state index contributed by atoms with van der Waals surface area (Å²) < 4.78 is 14.3. The normalized spacial score (nSPS) is 10.9. The van der Waals surface area contributed by atoms with Crippen LogP contribution in [-0.2, 0) is 6.54 Å². The Kier molecular flexibility index (Phi) is 3.97. The molecule has 1 aromatic heterocycles. The van der Waals surface area contributed by atoms with E-state index >= 15 is 0 Å². The monoisotopic (exact) mass is 334 g/mol. The van der Waals surface area contributed by atoms with Crippen LogP contribution in [0.1, 0.15) is 5.56 Å². The highest BCUT2D eigenvalue weighted by Crippen LogP contribution is 2.34. The molecule has 0 fully saturated rings. The quantitative estimate of drug-likeness (QED) is 0.471. The number of rotatable bonds is 4. The highest BCUT2D eigenvalue weighted by Gasteiger charge is 2.14. The minimum Gasteiger partial charge on any atom is -0.313 e. The van der Waals surface area contributed by atoms with Crippen molar-refractivity contribution in [2.45, 2.75) is 6.54 Å². The summed E-state index contributed by atoms with van der Waals surface area (Å²) in [4.78, 5) is 6.94. The molecule has 1 heterocycles. The molecule has 0 aliphatic heterocycles. The van der Waals surface area contributed by atoms with Gasteiger partial charge in [0.25, 0.3) is 0 Å². The van der Waals surface area contributed by atoms with E-state index in [0.717, 1.165) is 26.6 Å². The fourth-order valence-electron chi connectivity index (χ4n) is 2.63. The molecular formula is C20H15FN2S. The van der Waals surface area contributed by atoms with E-state index in [4.69, 9.17) is 4.98 Å². The second-order valence-corrected chi connectivity index (χ2v) is 6.52. The first kappa shape index (κ1) is 14.8.